The Morgan fingerprint density at radius 1 is 0.442 bits per heavy atom. The Bertz CT molecular complexity index is 2240. The average molecular weight is 552 g/mol. The molecule has 0 saturated heterocycles. The second-order valence-electron chi connectivity index (χ2n) is 11.0. The van der Waals surface area contributed by atoms with Gasteiger partial charge in [0.05, 0.1) is 0 Å². The van der Waals surface area contributed by atoms with Gasteiger partial charge in [-0.05, 0) is 88.1 Å². The maximum absolute atomic E-state index is 6.34. The number of nitrogens with zero attached hydrogens (tertiary/aromatic N) is 1. The molecule has 7 aromatic carbocycles. The van der Waals surface area contributed by atoms with E-state index in [9.17, 15) is 0 Å². The molecule has 1 heterocycles. The second kappa shape index (κ2) is 10.3. The number of aryl methyl sites for hydroxylation is 1. The summed E-state index contributed by atoms with van der Waals surface area (Å²) < 4.78 is 6.34. The third kappa shape index (κ3) is 4.36. The SMILES string of the molecule is Cc1c(-c2cccc(N(c3ccccc3)c3ccc(-c4cc5ccccc5c5ccccc45)cc3)c2)oc2ccccc12. The van der Waals surface area contributed by atoms with Gasteiger partial charge in [0.2, 0.25) is 0 Å². The van der Waals surface area contributed by atoms with Gasteiger partial charge in [0.1, 0.15) is 11.3 Å². The zero-order valence-electron chi connectivity index (χ0n) is 23.9. The summed E-state index contributed by atoms with van der Waals surface area (Å²) in [6.45, 7) is 2.14. The lowest BCUT2D eigenvalue weighted by atomic mass is 9.93. The fraction of sp³-hybridized carbons (Fsp3) is 0.0244. The number of anilines is 3. The molecule has 0 spiro atoms. The van der Waals surface area contributed by atoms with Crippen molar-refractivity contribution in [1.29, 1.82) is 0 Å². The van der Waals surface area contributed by atoms with Crippen molar-refractivity contribution in [2.75, 3.05) is 4.90 Å². The number of benzene rings is 7. The summed E-state index contributed by atoms with van der Waals surface area (Å²) in [5.74, 6) is 0.912. The molecule has 0 amide bonds. The zero-order valence-corrected chi connectivity index (χ0v) is 23.9. The zero-order chi connectivity index (χ0) is 28.8. The van der Waals surface area contributed by atoms with Gasteiger partial charge in [-0.15, -0.1) is 0 Å². The molecule has 0 aliphatic heterocycles. The van der Waals surface area contributed by atoms with Crippen LogP contribution in [0, 0.1) is 6.92 Å². The number of rotatable bonds is 5. The van der Waals surface area contributed by atoms with Gasteiger partial charge in [-0.25, -0.2) is 0 Å². The summed E-state index contributed by atoms with van der Waals surface area (Å²) in [5.41, 5.74) is 8.85. The first-order valence-corrected chi connectivity index (χ1v) is 14.7. The predicted molar refractivity (Wildman–Crippen MR) is 182 cm³/mol. The number of hydrogen-bond donors (Lipinski definition) is 0. The molecule has 0 fully saturated rings. The summed E-state index contributed by atoms with van der Waals surface area (Å²) in [5, 5.41) is 6.24. The van der Waals surface area contributed by atoms with E-state index in [0.29, 0.717) is 0 Å². The maximum atomic E-state index is 6.34. The van der Waals surface area contributed by atoms with Crippen LogP contribution in [0.4, 0.5) is 17.1 Å². The van der Waals surface area contributed by atoms with E-state index in [1.165, 1.54) is 32.7 Å². The van der Waals surface area contributed by atoms with Gasteiger partial charge in [-0.2, -0.15) is 0 Å². The van der Waals surface area contributed by atoms with E-state index >= 15 is 0 Å². The molecule has 43 heavy (non-hydrogen) atoms. The van der Waals surface area contributed by atoms with E-state index in [2.05, 4.69) is 157 Å². The smallest absolute Gasteiger partial charge is 0.138 e. The van der Waals surface area contributed by atoms with Crippen molar-refractivity contribution in [1.82, 2.24) is 0 Å². The molecule has 204 valence electrons. The first-order valence-electron chi connectivity index (χ1n) is 14.7. The monoisotopic (exact) mass is 551 g/mol. The largest absolute Gasteiger partial charge is 0.456 e. The Hall–Kier alpha value is -5.60. The predicted octanol–water partition coefficient (Wildman–Crippen LogP) is 11.9. The maximum Gasteiger partial charge on any atom is 0.138 e. The molecular formula is C41H29NO. The summed E-state index contributed by atoms with van der Waals surface area (Å²) >= 11 is 0. The van der Waals surface area contributed by atoms with Crippen LogP contribution in [0.15, 0.2) is 162 Å². The minimum absolute atomic E-state index is 0.912. The summed E-state index contributed by atoms with van der Waals surface area (Å²) in [6.07, 6.45) is 0. The van der Waals surface area contributed by atoms with Gasteiger partial charge >= 0.3 is 0 Å². The van der Waals surface area contributed by atoms with Gasteiger partial charge in [-0.3, -0.25) is 0 Å². The lowest BCUT2D eigenvalue weighted by Crippen LogP contribution is -2.09. The molecule has 1 aromatic heterocycles. The molecule has 0 aliphatic rings. The average Bonchev–Trinajstić information content (AvgIpc) is 3.42. The van der Waals surface area contributed by atoms with Crippen LogP contribution in [0.2, 0.25) is 0 Å². The third-order valence-electron chi connectivity index (χ3n) is 8.43. The van der Waals surface area contributed by atoms with Crippen LogP contribution in [0.3, 0.4) is 0 Å². The van der Waals surface area contributed by atoms with Crippen LogP contribution in [0.25, 0.3) is 55.0 Å². The molecule has 8 aromatic rings. The fourth-order valence-corrected chi connectivity index (χ4v) is 6.34. The van der Waals surface area contributed by atoms with Crippen molar-refractivity contribution in [3.63, 3.8) is 0 Å². The van der Waals surface area contributed by atoms with E-state index < -0.39 is 0 Å². The van der Waals surface area contributed by atoms with Crippen LogP contribution in [0.1, 0.15) is 5.56 Å². The normalized spacial score (nSPS) is 11.4. The Kier molecular flexibility index (Phi) is 6.05. The highest BCUT2D eigenvalue weighted by molar-refractivity contribution is 6.13. The fourth-order valence-electron chi connectivity index (χ4n) is 6.34. The molecule has 0 saturated carbocycles. The summed E-state index contributed by atoms with van der Waals surface area (Å²) in [4.78, 5) is 2.31. The van der Waals surface area contributed by atoms with Crippen LogP contribution in [0.5, 0.6) is 0 Å². The topological polar surface area (TPSA) is 16.4 Å². The lowest BCUT2D eigenvalue weighted by Gasteiger charge is -2.26. The van der Waals surface area contributed by atoms with Gasteiger partial charge in [0, 0.05) is 33.6 Å². The highest BCUT2D eigenvalue weighted by Crippen LogP contribution is 2.40. The molecule has 0 radical (unpaired) electrons. The molecule has 0 atom stereocenters. The summed E-state index contributed by atoms with van der Waals surface area (Å²) in [6, 6.07) is 56.0. The van der Waals surface area contributed by atoms with Crippen LogP contribution in [-0.4, -0.2) is 0 Å². The first kappa shape index (κ1) is 25.1. The Morgan fingerprint density at radius 3 is 1.86 bits per heavy atom. The molecule has 0 unspecified atom stereocenters. The minimum Gasteiger partial charge on any atom is -0.456 e. The van der Waals surface area contributed by atoms with E-state index in [-0.39, 0.29) is 0 Å². The number of furan rings is 1. The number of para-hydroxylation sites is 2. The molecule has 0 bridgehead atoms. The van der Waals surface area contributed by atoms with Crippen molar-refractivity contribution >= 4 is 49.6 Å². The molecule has 0 N–H and O–H groups in total. The van der Waals surface area contributed by atoms with E-state index in [1.54, 1.807) is 0 Å². The molecule has 2 nitrogen and oxygen atoms in total. The molecule has 0 aliphatic carbocycles. The van der Waals surface area contributed by atoms with Crippen molar-refractivity contribution in [3.8, 4) is 22.5 Å². The van der Waals surface area contributed by atoms with Crippen molar-refractivity contribution in [2.45, 2.75) is 6.92 Å². The highest BCUT2D eigenvalue weighted by Gasteiger charge is 2.17. The molecular weight excluding hydrogens is 522 g/mol. The Morgan fingerprint density at radius 2 is 1.07 bits per heavy atom. The van der Waals surface area contributed by atoms with Gasteiger partial charge < -0.3 is 9.32 Å². The van der Waals surface area contributed by atoms with E-state index in [0.717, 1.165) is 44.9 Å². The van der Waals surface area contributed by atoms with Gasteiger partial charge in [-0.1, -0.05) is 109 Å². The Labute approximate surface area is 251 Å². The lowest BCUT2D eigenvalue weighted by molar-refractivity contribution is 0.629. The van der Waals surface area contributed by atoms with Gasteiger partial charge in [0.15, 0.2) is 0 Å². The van der Waals surface area contributed by atoms with E-state index in [1.807, 2.05) is 12.1 Å². The molecule has 2 heteroatoms. The first-order chi connectivity index (χ1) is 21.2. The van der Waals surface area contributed by atoms with Crippen LogP contribution < -0.4 is 4.90 Å². The number of fused-ring (bicyclic) bond motifs is 4. The number of hydrogen-bond acceptors (Lipinski definition) is 2. The van der Waals surface area contributed by atoms with Crippen LogP contribution >= 0.6 is 0 Å². The Balaban J connectivity index is 1.24. The van der Waals surface area contributed by atoms with E-state index in [4.69, 9.17) is 4.42 Å². The quantitative estimate of drug-likeness (QED) is 0.198. The van der Waals surface area contributed by atoms with Crippen molar-refractivity contribution in [3.05, 3.63) is 163 Å². The minimum atomic E-state index is 0.912. The second-order valence-corrected chi connectivity index (χ2v) is 11.0. The highest BCUT2D eigenvalue weighted by atomic mass is 16.3. The third-order valence-corrected chi connectivity index (χ3v) is 8.43. The van der Waals surface area contributed by atoms with Crippen molar-refractivity contribution < 1.29 is 4.42 Å². The standard InChI is InChI=1S/C41H29NO/c1-28-35-17-9-10-21-40(35)43-41(28)31-13-11-16-34(26-31)42(32-14-3-2-4-15-32)33-24-22-29(23-25-33)39-27-30-12-5-6-18-36(30)37-19-7-8-20-38(37)39/h2-27H,1H3. The summed E-state index contributed by atoms with van der Waals surface area (Å²) in [7, 11) is 0. The van der Waals surface area contributed by atoms with Crippen molar-refractivity contribution in [2.24, 2.45) is 0 Å². The van der Waals surface area contributed by atoms with Crippen LogP contribution in [-0.2, 0) is 0 Å². The molecule has 8 rings (SSSR count). The van der Waals surface area contributed by atoms with Gasteiger partial charge in [0.25, 0.3) is 0 Å².